The Morgan fingerprint density at radius 3 is 1.11 bits per heavy atom. The lowest BCUT2D eigenvalue weighted by molar-refractivity contribution is -0.896. The van der Waals surface area contributed by atoms with Gasteiger partial charge in [-0.05, 0) is 13.1 Å². The summed E-state index contributed by atoms with van der Waals surface area (Å²) in [5.41, 5.74) is 11.1. The molecule has 0 amide bonds. The van der Waals surface area contributed by atoms with Crippen LogP contribution >= 0.6 is 0 Å². The molecule has 0 rings (SSSR count). The lowest BCUT2D eigenvalue weighted by atomic mass is 10.2. The van der Waals surface area contributed by atoms with Crippen LogP contribution in [0.25, 0.3) is 0 Å². The maximum Gasteiger partial charge on any atom is 0.0794 e. The van der Waals surface area contributed by atoms with Crippen LogP contribution in [0.1, 0.15) is 25.7 Å². The maximum absolute atomic E-state index is 5.57. The van der Waals surface area contributed by atoms with Gasteiger partial charge < -0.3 is 20.4 Å². The second kappa shape index (κ2) is 8.86. The van der Waals surface area contributed by atoms with Crippen molar-refractivity contribution in [3.63, 3.8) is 0 Å². The number of unbranched alkanes of at least 4 members (excludes halogenated alkanes) is 1. The van der Waals surface area contributed by atoms with Gasteiger partial charge in [0.15, 0.2) is 0 Å². The van der Waals surface area contributed by atoms with Gasteiger partial charge in [-0.1, -0.05) is 0 Å². The smallest absolute Gasteiger partial charge is 0.0794 e. The van der Waals surface area contributed by atoms with Gasteiger partial charge in [-0.15, -0.1) is 0 Å². The molecule has 0 bridgehead atoms. The molecule has 18 heavy (non-hydrogen) atoms. The fraction of sp³-hybridized carbons (Fsp3) is 1.00. The average Bonchev–Trinajstić information content (AvgIpc) is 2.30. The third-order valence-corrected chi connectivity index (χ3v) is 3.71. The van der Waals surface area contributed by atoms with Gasteiger partial charge in [0.05, 0.1) is 54.4 Å². The van der Waals surface area contributed by atoms with E-state index in [-0.39, 0.29) is 0 Å². The molecule has 0 aliphatic heterocycles. The van der Waals surface area contributed by atoms with Crippen LogP contribution in [0, 0.1) is 0 Å². The first-order valence-electron chi connectivity index (χ1n) is 7.37. The number of rotatable bonds is 11. The molecule has 0 heterocycles. The Hall–Kier alpha value is -0.160. The van der Waals surface area contributed by atoms with Crippen LogP contribution < -0.4 is 11.5 Å². The topological polar surface area (TPSA) is 52.0 Å². The molecule has 0 spiro atoms. The molecule has 110 valence electrons. The Bertz CT molecular complexity index is 180. The quantitative estimate of drug-likeness (QED) is 0.423. The highest BCUT2D eigenvalue weighted by Crippen LogP contribution is 2.07. The number of hydrogen-bond donors (Lipinski definition) is 2. The Balaban J connectivity index is 3.71. The van der Waals surface area contributed by atoms with Crippen LogP contribution in [0.15, 0.2) is 0 Å². The summed E-state index contributed by atoms with van der Waals surface area (Å²) in [6.45, 7) is 6.53. The third-order valence-electron chi connectivity index (χ3n) is 3.71. The molecule has 0 aromatic rings. The van der Waals surface area contributed by atoms with E-state index in [1.54, 1.807) is 0 Å². The summed E-state index contributed by atoms with van der Waals surface area (Å²) < 4.78 is 2.21. The molecule has 0 saturated carbocycles. The minimum Gasteiger partial charge on any atom is -0.330 e. The SMILES string of the molecule is C[N+](C)(CCCN)CCCC[N+](C)(C)CCCN. The van der Waals surface area contributed by atoms with E-state index >= 15 is 0 Å². The van der Waals surface area contributed by atoms with E-state index in [1.807, 2.05) is 0 Å². The second-order valence-electron chi connectivity index (χ2n) is 6.76. The minimum absolute atomic E-state index is 0.810. The normalized spacial score (nSPS) is 13.0. The molecule has 0 aliphatic rings. The van der Waals surface area contributed by atoms with Gasteiger partial charge in [0.2, 0.25) is 0 Å². The van der Waals surface area contributed by atoms with Crippen molar-refractivity contribution in [3.05, 3.63) is 0 Å². The predicted octanol–water partition coefficient (Wildman–Crippen LogP) is 0.617. The Labute approximate surface area is 114 Å². The van der Waals surface area contributed by atoms with Gasteiger partial charge in [0.25, 0.3) is 0 Å². The van der Waals surface area contributed by atoms with Crippen molar-refractivity contribution in [2.45, 2.75) is 25.7 Å². The molecule has 4 N–H and O–H groups in total. The first kappa shape index (κ1) is 17.8. The first-order valence-corrected chi connectivity index (χ1v) is 7.37. The van der Waals surface area contributed by atoms with Gasteiger partial charge in [0, 0.05) is 25.7 Å². The Morgan fingerprint density at radius 1 is 0.556 bits per heavy atom. The monoisotopic (exact) mass is 260 g/mol. The molecule has 0 atom stereocenters. The van der Waals surface area contributed by atoms with Gasteiger partial charge in [-0.25, -0.2) is 0 Å². The molecule has 4 heteroatoms. The fourth-order valence-electron chi connectivity index (χ4n) is 2.34. The summed E-state index contributed by atoms with van der Waals surface area (Å²) in [7, 11) is 9.24. The van der Waals surface area contributed by atoms with Crippen molar-refractivity contribution in [3.8, 4) is 0 Å². The van der Waals surface area contributed by atoms with Gasteiger partial charge in [0.1, 0.15) is 0 Å². The first-order chi connectivity index (χ1) is 8.33. The molecule has 0 saturated heterocycles. The van der Waals surface area contributed by atoms with Crippen LogP contribution in [-0.4, -0.2) is 76.4 Å². The molecule has 0 aromatic heterocycles. The highest BCUT2D eigenvalue weighted by molar-refractivity contribution is 4.44. The van der Waals surface area contributed by atoms with E-state index in [9.17, 15) is 0 Å². The zero-order chi connectivity index (χ0) is 14.1. The van der Waals surface area contributed by atoms with Crippen LogP contribution in [-0.2, 0) is 0 Å². The van der Waals surface area contributed by atoms with E-state index < -0.39 is 0 Å². The lowest BCUT2D eigenvalue weighted by Gasteiger charge is -2.32. The van der Waals surface area contributed by atoms with Crippen LogP contribution in [0.2, 0.25) is 0 Å². The largest absolute Gasteiger partial charge is 0.330 e. The lowest BCUT2D eigenvalue weighted by Crippen LogP contribution is -2.44. The standard InChI is InChI=1S/C14H36N4/c1-17(2,13-7-9-15)11-5-6-12-18(3,4)14-8-10-16/h5-16H2,1-4H3/q+2. The molecule has 0 radical (unpaired) electrons. The predicted molar refractivity (Wildman–Crippen MR) is 80.3 cm³/mol. The zero-order valence-electron chi connectivity index (χ0n) is 13.1. The Morgan fingerprint density at radius 2 is 0.833 bits per heavy atom. The second-order valence-corrected chi connectivity index (χ2v) is 6.76. The summed E-state index contributed by atoms with van der Waals surface area (Å²) in [6.07, 6.45) is 4.87. The van der Waals surface area contributed by atoms with E-state index in [1.165, 1.54) is 39.0 Å². The summed E-state index contributed by atoms with van der Waals surface area (Å²) >= 11 is 0. The molecule has 4 nitrogen and oxygen atoms in total. The van der Waals surface area contributed by atoms with Gasteiger partial charge in [-0.2, -0.15) is 0 Å². The third kappa shape index (κ3) is 9.83. The molecule has 0 aliphatic carbocycles. The summed E-state index contributed by atoms with van der Waals surface area (Å²) in [4.78, 5) is 0. The number of hydrogen-bond acceptors (Lipinski definition) is 2. The summed E-state index contributed by atoms with van der Waals surface area (Å²) in [5, 5.41) is 0. The van der Waals surface area contributed by atoms with Crippen molar-refractivity contribution in [2.24, 2.45) is 11.5 Å². The summed E-state index contributed by atoms with van der Waals surface area (Å²) in [5.74, 6) is 0. The van der Waals surface area contributed by atoms with Crippen molar-refractivity contribution >= 4 is 0 Å². The van der Waals surface area contributed by atoms with Crippen molar-refractivity contribution in [1.82, 2.24) is 0 Å². The molecular formula is C14H36N4+2. The van der Waals surface area contributed by atoms with Crippen LogP contribution in [0.4, 0.5) is 0 Å². The van der Waals surface area contributed by atoms with Crippen LogP contribution in [0.5, 0.6) is 0 Å². The molecular weight excluding hydrogens is 224 g/mol. The fourth-order valence-corrected chi connectivity index (χ4v) is 2.34. The van der Waals surface area contributed by atoms with Crippen molar-refractivity contribution in [2.75, 3.05) is 67.5 Å². The molecule has 0 unspecified atom stereocenters. The van der Waals surface area contributed by atoms with Gasteiger partial charge in [-0.3, -0.25) is 0 Å². The highest BCUT2D eigenvalue weighted by Gasteiger charge is 2.17. The van der Waals surface area contributed by atoms with E-state index in [4.69, 9.17) is 11.5 Å². The van der Waals surface area contributed by atoms with Crippen LogP contribution in [0.3, 0.4) is 0 Å². The van der Waals surface area contributed by atoms with Crippen molar-refractivity contribution in [1.29, 1.82) is 0 Å². The average molecular weight is 260 g/mol. The summed E-state index contributed by atoms with van der Waals surface area (Å²) in [6, 6.07) is 0. The highest BCUT2D eigenvalue weighted by atomic mass is 15.3. The number of quaternary nitrogens is 2. The van der Waals surface area contributed by atoms with E-state index in [0.717, 1.165) is 34.9 Å². The minimum atomic E-state index is 0.810. The molecule has 0 aromatic carbocycles. The number of nitrogens with two attached hydrogens (primary N) is 2. The van der Waals surface area contributed by atoms with E-state index in [2.05, 4.69) is 28.2 Å². The van der Waals surface area contributed by atoms with Gasteiger partial charge >= 0.3 is 0 Å². The number of nitrogens with zero attached hydrogens (tertiary/aromatic N) is 2. The maximum atomic E-state index is 5.57. The molecule has 0 fully saturated rings. The Kier molecular flexibility index (Phi) is 8.78. The van der Waals surface area contributed by atoms with E-state index in [0.29, 0.717) is 0 Å². The zero-order valence-corrected chi connectivity index (χ0v) is 13.1. The van der Waals surface area contributed by atoms with Crippen molar-refractivity contribution < 1.29 is 8.97 Å².